The number of carboxylic acids is 1. The monoisotopic (exact) mass is 310 g/mol. The number of carboxylic acid groups (broad SMARTS) is 1. The van der Waals surface area contributed by atoms with E-state index in [1.165, 1.54) is 40.9 Å². The van der Waals surface area contributed by atoms with Crippen LogP contribution in [-0.4, -0.2) is 44.0 Å². The summed E-state index contributed by atoms with van der Waals surface area (Å²) in [6, 6.07) is 4.34. The molecular formula is C13H14N2O5S. The summed E-state index contributed by atoms with van der Waals surface area (Å²) in [5.41, 5.74) is 0.150. The molecular weight excluding hydrogens is 296 g/mol. The zero-order valence-corrected chi connectivity index (χ0v) is 12.1. The van der Waals surface area contributed by atoms with E-state index in [1.54, 1.807) is 0 Å². The van der Waals surface area contributed by atoms with Gasteiger partial charge in [0, 0.05) is 23.4 Å². The Morgan fingerprint density at radius 2 is 2.05 bits per heavy atom. The predicted molar refractivity (Wildman–Crippen MR) is 77.2 cm³/mol. The first-order valence-electron chi connectivity index (χ1n) is 6.37. The van der Waals surface area contributed by atoms with Gasteiger partial charge < -0.3 is 10.0 Å². The molecule has 112 valence electrons. The third-order valence-electron chi connectivity index (χ3n) is 3.29. The van der Waals surface area contributed by atoms with Gasteiger partial charge in [0.2, 0.25) is 0 Å². The van der Waals surface area contributed by atoms with Gasteiger partial charge in [0.25, 0.3) is 11.6 Å². The number of nitrogens with zero attached hydrogens (tertiary/aromatic N) is 2. The van der Waals surface area contributed by atoms with Crippen molar-refractivity contribution in [3.05, 3.63) is 39.9 Å². The van der Waals surface area contributed by atoms with Crippen LogP contribution in [0.3, 0.4) is 0 Å². The Hall–Kier alpha value is -2.09. The molecule has 0 aliphatic carbocycles. The molecule has 0 spiro atoms. The minimum absolute atomic E-state index is 0.107. The van der Waals surface area contributed by atoms with Crippen molar-refractivity contribution < 1.29 is 19.6 Å². The van der Waals surface area contributed by atoms with Crippen LogP contribution >= 0.6 is 11.8 Å². The zero-order chi connectivity index (χ0) is 15.6. The summed E-state index contributed by atoms with van der Waals surface area (Å²) in [6.45, 7) is 1.89. The van der Waals surface area contributed by atoms with Crippen LogP contribution in [0.2, 0.25) is 0 Å². The van der Waals surface area contributed by atoms with Crippen molar-refractivity contribution in [3.63, 3.8) is 0 Å². The molecule has 8 heteroatoms. The fourth-order valence-corrected chi connectivity index (χ4v) is 3.56. The summed E-state index contributed by atoms with van der Waals surface area (Å²) < 4.78 is 0. The lowest BCUT2D eigenvalue weighted by Gasteiger charge is -2.26. The van der Waals surface area contributed by atoms with Crippen LogP contribution in [-0.2, 0) is 4.79 Å². The molecule has 1 saturated heterocycles. The number of amides is 1. The average molecular weight is 310 g/mol. The summed E-state index contributed by atoms with van der Waals surface area (Å²) >= 11 is 1.43. The highest BCUT2D eigenvalue weighted by Crippen LogP contribution is 2.32. The Morgan fingerprint density at radius 1 is 1.43 bits per heavy atom. The van der Waals surface area contributed by atoms with E-state index < -0.39 is 22.8 Å². The molecule has 1 fully saturated rings. The predicted octanol–water partition coefficient (Wildman–Crippen LogP) is 1.97. The van der Waals surface area contributed by atoms with Crippen LogP contribution in [0, 0.1) is 10.1 Å². The molecule has 2 unspecified atom stereocenters. The lowest BCUT2D eigenvalue weighted by molar-refractivity contribution is -0.384. The third-order valence-corrected chi connectivity index (χ3v) is 4.74. The molecule has 1 aromatic rings. The van der Waals surface area contributed by atoms with E-state index in [0.29, 0.717) is 12.2 Å². The van der Waals surface area contributed by atoms with Crippen LogP contribution in [0.25, 0.3) is 0 Å². The molecule has 2 rings (SSSR count). The number of carbonyl (C=O) groups excluding carboxylic acids is 1. The van der Waals surface area contributed by atoms with Crippen LogP contribution in [0.15, 0.2) is 24.3 Å². The highest BCUT2D eigenvalue weighted by Gasteiger charge is 2.41. The summed E-state index contributed by atoms with van der Waals surface area (Å²) in [4.78, 5) is 35.2. The molecule has 1 heterocycles. The van der Waals surface area contributed by atoms with E-state index >= 15 is 0 Å². The van der Waals surface area contributed by atoms with Gasteiger partial charge in [-0.1, -0.05) is 6.92 Å². The molecule has 21 heavy (non-hydrogen) atoms. The van der Waals surface area contributed by atoms with Gasteiger partial charge in [-0.15, -0.1) is 11.8 Å². The summed E-state index contributed by atoms with van der Waals surface area (Å²) in [5.74, 6) is -1.09. The number of hydrogen-bond donors (Lipinski definition) is 1. The molecule has 0 radical (unpaired) electrons. The van der Waals surface area contributed by atoms with Crippen molar-refractivity contribution in [2.24, 2.45) is 0 Å². The van der Waals surface area contributed by atoms with Crippen molar-refractivity contribution >= 4 is 29.3 Å². The first kappa shape index (κ1) is 15.3. The van der Waals surface area contributed by atoms with Gasteiger partial charge in [-0.05, 0) is 18.6 Å². The van der Waals surface area contributed by atoms with Crippen LogP contribution in [0.1, 0.15) is 23.7 Å². The number of aliphatic carboxylic acids is 1. The van der Waals surface area contributed by atoms with Crippen LogP contribution in [0.5, 0.6) is 0 Å². The quantitative estimate of drug-likeness (QED) is 0.674. The molecule has 1 amide bonds. The zero-order valence-electron chi connectivity index (χ0n) is 11.3. The maximum Gasteiger partial charge on any atom is 0.327 e. The third kappa shape index (κ3) is 2.99. The van der Waals surface area contributed by atoms with Gasteiger partial charge in [-0.3, -0.25) is 14.9 Å². The number of nitro benzene ring substituents is 1. The largest absolute Gasteiger partial charge is 0.480 e. The molecule has 0 bridgehead atoms. The number of hydrogen-bond acceptors (Lipinski definition) is 5. The lowest BCUT2D eigenvalue weighted by Crippen LogP contribution is -2.45. The van der Waals surface area contributed by atoms with Gasteiger partial charge in [0.1, 0.15) is 6.04 Å². The fraction of sp³-hybridized carbons (Fsp3) is 0.385. The first-order chi connectivity index (χ1) is 9.95. The lowest BCUT2D eigenvalue weighted by atomic mass is 10.1. The first-order valence-corrected chi connectivity index (χ1v) is 7.42. The summed E-state index contributed by atoms with van der Waals surface area (Å²) in [6.07, 6.45) is 0.646. The Bertz CT molecular complexity index is 574. The molecule has 2 atom stereocenters. The molecule has 7 nitrogen and oxygen atoms in total. The van der Waals surface area contributed by atoms with E-state index in [-0.39, 0.29) is 16.6 Å². The Labute approximate surface area is 125 Å². The standard InChI is InChI=1S/C13H14N2O5S/c1-2-11-14(10(7-21-11)13(17)18)12(16)8-3-5-9(6-4-8)15(19)20/h3-6,10-11H,2,7H2,1H3,(H,17,18). The Balaban J connectivity index is 2.27. The Morgan fingerprint density at radius 3 is 2.52 bits per heavy atom. The number of nitro groups is 1. The van der Waals surface area contributed by atoms with Gasteiger partial charge in [-0.2, -0.15) is 0 Å². The van der Waals surface area contributed by atoms with Gasteiger partial charge in [0.05, 0.1) is 10.3 Å². The normalized spacial score (nSPS) is 21.3. The highest BCUT2D eigenvalue weighted by atomic mass is 32.2. The topological polar surface area (TPSA) is 101 Å². The van der Waals surface area contributed by atoms with E-state index in [0.717, 1.165) is 0 Å². The number of rotatable bonds is 4. The number of carbonyl (C=O) groups is 2. The molecule has 1 aliphatic heterocycles. The summed E-state index contributed by atoms with van der Waals surface area (Å²) in [5, 5.41) is 19.6. The van der Waals surface area contributed by atoms with Crippen LogP contribution in [0.4, 0.5) is 5.69 Å². The molecule has 1 N–H and O–H groups in total. The van der Waals surface area contributed by atoms with Gasteiger partial charge >= 0.3 is 5.97 Å². The molecule has 1 aliphatic rings. The van der Waals surface area contributed by atoms with Crippen molar-refractivity contribution in [3.8, 4) is 0 Å². The van der Waals surface area contributed by atoms with Gasteiger partial charge in [0.15, 0.2) is 0 Å². The molecule has 0 aromatic heterocycles. The second-order valence-electron chi connectivity index (χ2n) is 4.57. The van der Waals surface area contributed by atoms with E-state index in [9.17, 15) is 24.8 Å². The van der Waals surface area contributed by atoms with E-state index in [2.05, 4.69) is 0 Å². The minimum Gasteiger partial charge on any atom is -0.480 e. The fourth-order valence-electron chi connectivity index (χ4n) is 2.22. The second kappa shape index (κ2) is 6.13. The maximum atomic E-state index is 12.5. The summed E-state index contributed by atoms with van der Waals surface area (Å²) in [7, 11) is 0. The minimum atomic E-state index is -1.03. The SMILES string of the molecule is CCC1SCC(C(=O)O)N1C(=O)c1ccc([N+](=O)[O-])cc1. The van der Waals surface area contributed by atoms with Crippen molar-refractivity contribution in [1.82, 2.24) is 4.90 Å². The van der Waals surface area contributed by atoms with Crippen molar-refractivity contribution in [1.29, 1.82) is 0 Å². The number of non-ortho nitro benzene ring substituents is 1. The van der Waals surface area contributed by atoms with Crippen molar-refractivity contribution in [2.75, 3.05) is 5.75 Å². The van der Waals surface area contributed by atoms with Crippen molar-refractivity contribution in [2.45, 2.75) is 24.8 Å². The van der Waals surface area contributed by atoms with E-state index in [4.69, 9.17) is 0 Å². The maximum absolute atomic E-state index is 12.5. The average Bonchev–Trinajstić information content (AvgIpc) is 2.90. The number of thioether (sulfide) groups is 1. The number of benzene rings is 1. The van der Waals surface area contributed by atoms with E-state index in [1.807, 2.05) is 6.92 Å². The van der Waals surface area contributed by atoms with Gasteiger partial charge in [-0.25, -0.2) is 4.79 Å². The molecule has 1 aromatic carbocycles. The smallest absolute Gasteiger partial charge is 0.327 e. The highest BCUT2D eigenvalue weighted by molar-refractivity contribution is 8.00. The molecule has 0 saturated carbocycles. The second-order valence-corrected chi connectivity index (χ2v) is 5.78. The Kier molecular flexibility index (Phi) is 4.46. The van der Waals surface area contributed by atoms with Crippen LogP contribution < -0.4 is 0 Å².